The van der Waals surface area contributed by atoms with Gasteiger partial charge in [0.1, 0.15) is 0 Å². The lowest BCUT2D eigenvalue weighted by molar-refractivity contribution is -0.119. The van der Waals surface area contributed by atoms with Crippen molar-refractivity contribution in [1.82, 2.24) is 10.2 Å². The minimum Gasteiger partial charge on any atom is -0.392 e. The van der Waals surface area contributed by atoms with Gasteiger partial charge in [0.15, 0.2) is 0 Å². The molecule has 0 aliphatic carbocycles. The van der Waals surface area contributed by atoms with Crippen molar-refractivity contribution in [3.05, 3.63) is 0 Å². The van der Waals surface area contributed by atoms with Crippen molar-refractivity contribution >= 4 is 5.91 Å². The molecule has 0 spiro atoms. The third-order valence-electron chi connectivity index (χ3n) is 2.85. The van der Waals surface area contributed by atoms with Crippen molar-refractivity contribution in [2.24, 2.45) is 0 Å². The predicted molar refractivity (Wildman–Crippen MR) is 55.0 cm³/mol. The Morgan fingerprint density at radius 3 is 3.00 bits per heavy atom. The van der Waals surface area contributed by atoms with Crippen molar-refractivity contribution in [3.63, 3.8) is 0 Å². The van der Waals surface area contributed by atoms with Crippen molar-refractivity contribution in [3.8, 4) is 0 Å². The fraction of sp³-hybridized carbons (Fsp3) is 0.900. The summed E-state index contributed by atoms with van der Waals surface area (Å²) in [7, 11) is 0. The quantitative estimate of drug-likeness (QED) is 0.672. The van der Waals surface area contributed by atoms with Crippen LogP contribution in [0.1, 0.15) is 26.7 Å². The first-order chi connectivity index (χ1) is 6.61. The number of rotatable bonds is 3. The number of carbonyl (C=O) groups excluding carboxylic acids is 1. The van der Waals surface area contributed by atoms with Gasteiger partial charge >= 0.3 is 0 Å². The summed E-state index contributed by atoms with van der Waals surface area (Å²) in [6.45, 7) is 6.09. The van der Waals surface area contributed by atoms with Crippen LogP contribution < -0.4 is 5.32 Å². The fourth-order valence-corrected chi connectivity index (χ4v) is 1.88. The highest BCUT2D eigenvalue weighted by atomic mass is 16.3. The molecule has 0 saturated carbocycles. The molecule has 14 heavy (non-hydrogen) atoms. The molecular formula is C10H20N2O2. The lowest BCUT2D eigenvalue weighted by Gasteiger charge is -2.36. The van der Waals surface area contributed by atoms with Crippen LogP contribution in [0.15, 0.2) is 0 Å². The summed E-state index contributed by atoms with van der Waals surface area (Å²) in [5.41, 5.74) is 0. The van der Waals surface area contributed by atoms with Crippen LogP contribution in [0.3, 0.4) is 0 Å². The van der Waals surface area contributed by atoms with Gasteiger partial charge in [-0.05, 0) is 26.3 Å². The van der Waals surface area contributed by atoms with Crippen LogP contribution in [-0.2, 0) is 4.79 Å². The molecular weight excluding hydrogens is 180 g/mol. The number of likely N-dealkylation sites (tertiary alicyclic amines) is 1. The molecule has 2 N–H and O–H groups in total. The van der Waals surface area contributed by atoms with E-state index >= 15 is 0 Å². The van der Waals surface area contributed by atoms with E-state index in [0.717, 1.165) is 25.9 Å². The van der Waals surface area contributed by atoms with E-state index in [-0.39, 0.29) is 18.1 Å². The second kappa shape index (κ2) is 5.32. The van der Waals surface area contributed by atoms with Crippen LogP contribution in [0.25, 0.3) is 0 Å². The third kappa shape index (κ3) is 3.27. The van der Waals surface area contributed by atoms with Crippen LogP contribution >= 0.6 is 0 Å². The number of aliphatic hydroxyl groups excluding tert-OH is 1. The van der Waals surface area contributed by atoms with Gasteiger partial charge in [-0.15, -0.1) is 0 Å². The zero-order valence-electron chi connectivity index (χ0n) is 8.99. The Kier molecular flexibility index (Phi) is 4.35. The summed E-state index contributed by atoms with van der Waals surface area (Å²) in [6.07, 6.45) is 1.74. The summed E-state index contributed by atoms with van der Waals surface area (Å²) in [4.78, 5) is 12.9. The van der Waals surface area contributed by atoms with Gasteiger partial charge in [-0.25, -0.2) is 0 Å². The first-order valence-corrected chi connectivity index (χ1v) is 5.28. The highest BCUT2D eigenvalue weighted by Crippen LogP contribution is 2.16. The molecule has 1 rings (SSSR count). The Bertz CT molecular complexity index is 197. The normalized spacial score (nSPS) is 28.8. The van der Waals surface area contributed by atoms with Gasteiger partial charge in [0.2, 0.25) is 5.91 Å². The summed E-state index contributed by atoms with van der Waals surface area (Å²) in [6, 6.07) is 0.220. The zero-order valence-corrected chi connectivity index (χ0v) is 8.99. The number of hydrogen-bond acceptors (Lipinski definition) is 3. The summed E-state index contributed by atoms with van der Waals surface area (Å²) in [5.74, 6) is 0.00945. The Morgan fingerprint density at radius 1 is 1.64 bits per heavy atom. The maximum Gasteiger partial charge on any atom is 0.216 e. The van der Waals surface area contributed by atoms with Crippen molar-refractivity contribution in [2.75, 3.05) is 19.6 Å². The molecule has 0 radical (unpaired) electrons. The lowest BCUT2D eigenvalue weighted by Crippen LogP contribution is -2.48. The van der Waals surface area contributed by atoms with Gasteiger partial charge < -0.3 is 10.4 Å². The van der Waals surface area contributed by atoms with Crippen LogP contribution in [0.5, 0.6) is 0 Å². The van der Waals surface area contributed by atoms with Gasteiger partial charge in [-0.1, -0.05) is 0 Å². The molecule has 1 aliphatic heterocycles. The molecule has 1 saturated heterocycles. The molecule has 82 valence electrons. The Morgan fingerprint density at radius 2 is 2.36 bits per heavy atom. The number of piperidine rings is 1. The second-order valence-electron chi connectivity index (χ2n) is 3.97. The third-order valence-corrected chi connectivity index (χ3v) is 2.85. The SMILES string of the molecule is CC(=O)NCCN1CCCC(O)C1C. The maximum absolute atomic E-state index is 10.7. The molecule has 1 fully saturated rings. The van der Waals surface area contributed by atoms with Gasteiger partial charge in [-0.3, -0.25) is 9.69 Å². The summed E-state index contributed by atoms with van der Waals surface area (Å²) < 4.78 is 0. The number of nitrogens with one attached hydrogen (secondary N) is 1. The minimum absolute atomic E-state index is 0.00945. The average molecular weight is 200 g/mol. The molecule has 0 aromatic heterocycles. The molecule has 4 heteroatoms. The molecule has 0 aromatic carbocycles. The number of nitrogens with zero attached hydrogens (tertiary/aromatic N) is 1. The van der Waals surface area contributed by atoms with Crippen molar-refractivity contribution < 1.29 is 9.90 Å². The van der Waals surface area contributed by atoms with Gasteiger partial charge in [-0.2, -0.15) is 0 Å². The first kappa shape index (κ1) is 11.5. The topological polar surface area (TPSA) is 52.6 Å². The van der Waals surface area contributed by atoms with E-state index in [1.54, 1.807) is 0 Å². The molecule has 1 amide bonds. The van der Waals surface area contributed by atoms with E-state index in [2.05, 4.69) is 10.2 Å². The van der Waals surface area contributed by atoms with Crippen LogP contribution in [-0.4, -0.2) is 47.7 Å². The first-order valence-electron chi connectivity index (χ1n) is 5.28. The molecule has 4 nitrogen and oxygen atoms in total. The standard InChI is InChI=1S/C10H20N2O2/c1-8-10(14)4-3-6-12(8)7-5-11-9(2)13/h8,10,14H,3-7H2,1-2H3,(H,11,13). The monoisotopic (exact) mass is 200 g/mol. The largest absolute Gasteiger partial charge is 0.392 e. The second-order valence-corrected chi connectivity index (χ2v) is 3.97. The summed E-state index contributed by atoms with van der Waals surface area (Å²) >= 11 is 0. The highest BCUT2D eigenvalue weighted by Gasteiger charge is 2.25. The molecule has 1 heterocycles. The lowest BCUT2D eigenvalue weighted by atomic mass is 10.0. The highest BCUT2D eigenvalue weighted by molar-refractivity contribution is 5.72. The Labute approximate surface area is 85.3 Å². The predicted octanol–water partition coefficient (Wildman–Crippen LogP) is -0.0323. The van der Waals surface area contributed by atoms with Crippen molar-refractivity contribution in [2.45, 2.75) is 38.8 Å². The molecule has 0 bridgehead atoms. The van der Waals surface area contributed by atoms with Gasteiger partial charge in [0.25, 0.3) is 0 Å². The van der Waals surface area contributed by atoms with Crippen molar-refractivity contribution in [1.29, 1.82) is 0 Å². The Hall–Kier alpha value is -0.610. The van der Waals surface area contributed by atoms with Crippen LogP contribution in [0.4, 0.5) is 0 Å². The van der Waals surface area contributed by atoms with Gasteiger partial charge in [0, 0.05) is 26.1 Å². The number of hydrogen-bond donors (Lipinski definition) is 2. The number of amides is 1. The average Bonchev–Trinajstić information content (AvgIpc) is 2.12. The zero-order chi connectivity index (χ0) is 10.6. The number of aliphatic hydroxyl groups is 1. The van der Waals surface area contributed by atoms with E-state index in [9.17, 15) is 9.90 Å². The van der Waals surface area contributed by atoms with E-state index in [0.29, 0.717) is 6.54 Å². The molecule has 2 unspecified atom stereocenters. The molecule has 2 atom stereocenters. The maximum atomic E-state index is 10.7. The van der Waals surface area contributed by atoms with E-state index in [4.69, 9.17) is 0 Å². The smallest absolute Gasteiger partial charge is 0.216 e. The molecule has 0 aromatic rings. The van der Waals surface area contributed by atoms with Crippen LogP contribution in [0, 0.1) is 0 Å². The van der Waals surface area contributed by atoms with E-state index in [1.165, 1.54) is 6.92 Å². The summed E-state index contributed by atoms with van der Waals surface area (Å²) in [5, 5.41) is 12.4. The van der Waals surface area contributed by atoms with Crippen LogP contribution in [0.2, 0.25) is 0 Å². The van der Waals surface area contributed by atoms with E-state index < -0.39 is 0 Å². The number of carbonyl (C=O) groups is 1. The molecule has 1 aliphatic rings. The minimum atomic E-state index is -0.207. The Balaban J connectivity index is 2.25. The fourth-order valence-electron chi connectivity index (χ4n) is 1.88. The van der Waals surface area contributed by atoms with E-state index in [1.807, 2.05) is 6.92 Å². The van der Waals surface area contributed by atoms with Gasteiger partial charge in [0.05, 0.1) is 6.10 Å².